The number of hydrogen-bond donors (Lipinski definition) is 4. The molecule has 4 aromatic rings. The quantitative estimate of drug-likeness (QED) is 0.169. The number of nitrogens with two attached hydrogens (primary N) is 1. The Kier molecular flexibility index (Phi) is 7.51. The molecule has 0 spiro atoms. The molecule has 2 unspecified atom stereocenters. The Labute approximate surface area is 239 Å². The number of H-pyrrole nitrogens is 1. The minimum absolute atomic E-state index is 0.0490. The first-order valence-corrected chi connectivity index (χ1v) is 17.2. The van der Waals surface area contributed by atoms with Gasteiger partial charge in [-0.25, -0.2) is 28.9 Å². The third-order valence-corrected chi connectivity index (χ3v) is 9.52. The molecule has 2 bridgehead atoms. The molecular formula is C19H22FN9O8P2S2. The van der Waals surface area contributed by atoms with Gasteiger partial charge in [0.25, 0.3) is 5.56 Å². The number of nitrogen functional groups attached to an aromatic ring is 1. The number of anilines is 1. The van der Waals surface area contributed by atoms with Crippen LogP contribution in [0.25, 0.3) is 22.3 Å². The van der Waals surface area contributed by atoms with Crippen LogP contribution in [0.3, 0.4) is 0 Å². The maximum atomic E-state index is 15.9. The number of rotatable bonds is 1. The number of imidazole rings is 2. The lowest BCUT2D eigenvalue weighted by molar-refractivity contribution is -0.0461. The van der Waals surface area contributed by atoms with Crippen molar-refractivity contribution >= 4 is 65.8 Å². The minimum atomic E-state index is -4.18. The maximum absolute atomic E-state index is 15.9. The van der Waals surface area contributed by atoms with Crippen LogP contribution in [-0.2, 0) is 52.4 Å². The highest BCUT2D eigenvalue weighted by atomic mass is 32.7. The normalized spacial score (nSPS) is 33.4. The molecule has 2 aliphatic rings. The van der Waals surface area contributed by atoms with E-state index in [-0.39, 0.29) is 36.1 Å². The minimum Gasteiger partial charge on any atom is -0.369 e. The zero-order valence-electron chi connectivity index (χ0n) is 20.9. The first-order valence-electron chi connectivity index (χ1n) is 11.9. The molecule has 0 aromatic carbocycles. The van der Waals surface area contributed by atoms with Crippen molar-refractivity contribution in [2.45, 2.75) is 50.8 Å². The van der Waals surface area contributed by atoms with E-state index in [9.17, 15) is 14.3 Å². The van der Waals surface area contributed by atoms with Crippen molar-refractivity contribution < 1.29 is 36.7 Å². The van der Waals surface area contributed by atoms with Crippen LogP contribution in [0, 0.1) is 0 Å². The van der Waals surface area contributed by atoms with Crippen molar-refractivity contribution in [2.75, 3.05) is 12.3 Å². The summed E-state index contributed by atoms with van der Waals surface area (Å²) in [6.07, 6.45) is -3.22. The standard InChI is InChI=1S/C19H22FN9O8P2S2/c1-8-3-28-11(25-9-2-22-6-23-15(9)28)5-34-39(32,41)37-14-12(20)10(4-33-38(31,40)36-8)35-18(14)29-7-24-13-16(29)26-19(21)27-17(13)30/h2,6-8,10,12,14,18H,3-5H2,1H3,(H,31,40)(H,32,41)(H3,21,26,27,30)/t8-,10+,12+,14+,18+,38?,39?/m0/s1. The zero-order chi connectivity index (χ0) is 29.1. The summed E-state index contributed by atoms with van der Waals surface area (Å²) in [7, 11) is 0. The summed E-state index contributed by atoms with van der Waals surface area (Å²) < 4.78 is 59.8. The molecule has 0 aliphatic carbocycles. The Morgan fingerprint density at radius 1 is 1.27 bits per heavy atom. The number of nitrogens with one attached hydrogen (secondary N) is 1. The fourth-order valence-corrected chi connectivity index (χ4v) is 7.49. The van der Waals surface area contributed by atoms with Gasteiger partial charge in [-0.15, -0.1) is 0 Å². The SMILES string of the molecule is C[C@H]1Cn2c(nc3cncnc32)COP(O)(=S)O[C@@H]2[C@H](F)[C@@H](COP(=O)(S)O1)O[C@H]2n1cnc2c(=O)[nH]c(N)nc21. The highest BCUT2D eigenvalue weighted by Gasteiger charge is 2.50. The monoisotopic (exact) mass is 649 g/mol. The van der Waals surface area contributed by atoms with Crippen molar-refractivity contribution in [2.24, 2.45) is 0 Å². The van der Waals surface area contributed by atoms with Crippen LogP contribution in [0.4, 0.5) is 10.3 Å². The summed E-state index contributed by atoms with van der Waals surface area (Å²) in [4.78, 5) is 46.3. The van der Waals surface area contributed by atoms with Gasteiger partial charge in [-0.2, -0.15) is 4.98 Å². The van der Waals surface area contributed by atoms with E-state index in [1.54, 1.807) is 11.5 Å². The Morgan fingerprint density at radius 3 is 2.88 bits per heavy atom. The number of fused-ring (bicyclic) bond motifs is 6. The zero-order valence-corrected chi connectivity index (χ0v) is 24.4. The molecule has 1 saturated heterocycles. The van der Waals surface area contributed by atoms with Crippen LogP contribution in [-0.4, -0.2) is 75.0 Å². The molecule has 17 nitrogen and oxygen atoms in total. The Morgan fingerprint density at radius 2 is 2.07 bits per heavy atom. The molecule has 4 N–H and O–H groups in total. The predicted molar refractivity (Wildman–Crippen MR) is 146 cm³/mol. The number of hydrogen-bond acceptors (Lipinski definition) is 14. The van der Waals surface area contributed by atoms with Crippen LogP contribution in [0.5, 0.6) is 0 Å². The molecule has 41 heavy (non-hydrogen) atoms. The van der Waals surface area contributed by atoms with Gasteiger partial charge in [0.2, 0.25) is 5.95 Å². The molecule has 6 heterocycles. The third-order valence-electron chi connectivity index (χ3n) is 6.24. The number of aromatic amines is 1. The van der Waals surface area contributed by atoms with E-state index < -0.39 is 56.4 Å². The van der Waals surface area contributed by atoms with E-state index in [0.717, 1.165) is 0 Å². The Hall–Kier alpha value is -2.38. The topological polar surface area (TPSA) is 217 Å². The van der Waals surface area contributed by atoms with Gasteiger partial charge in [-0.3, -0.25) is 27.9 Å². The fourth-order valence-electron chi connectivity index (χ4n) is 4.56. The number of thiol groups is 1. The van der Waals surface area contributed by atoms with Gasteiger partial charge in [0.05, 0.1) is 31.8 Å². The molecule has 6 rings (SSSR count). The highest BCUT2D eigenvalue weighted by Crippen LogP contribution is 2.56. The second kappa shape index (κ2) is 10.7. The van der Waals surface area contributed by atoms with Gasteiger partial charge < -0.3 is 24.5 Å². The van der Waals surface area contributed by atoms with E-state index in [1.807, 2.05) is 0 Å². The predicted octanol–water partition coefficient (Wildman–Crippen LogP) is 1.37. The average Bonchev–Trinajstić information content (AvgIpc) is 3.55. The van der Waals surface area contributed by atoms with E-state index in [0.29, 0.717) is 11.2 Å². The van der Waals surface area contributed by atoms with Crippen molar-refractivity contribution in [3.8, 4) is 0 Å². The van der Waals surface area contributed by atoms with Gasteiger partial charge >= 0.3 is 13.5 Å². The number of halogens is 1. The first-order chi connectivity index (χ1) is 19.4. The number of alkyl halides is 1. The molecule has 1 fully saturated rings. The van der Waals surface area contributed by atoms with Crippen molar-refractivity contribution in [3.05, 3.63) is 35.0 Å². The van der Waals surface area contributed by atoms with E-state index in [4.69, 9.17) is 40.4 Å². The van der Waals surface area contributed by atoms with Gasteiger partial charge in [-0.05, 0) is 18.7 Å². The lowest BCUT2D eigenvalue weighted by Gasteiger charge is -2.25. The average molecular weight is 650 g/mol. The summed E-state index contributed by atoms with van der Waals surface area (Å²) in [5.41, 5.74) is 5.70. The molecule has 220 valence electrons. The summed E-state index contributed by atoms with van der Waals surface area (Å²) in [5.74, 6) is 0.0253. The van der Waals surface area contributed by atoms with E-state index in [2.05, 4.69) is 42.2 Å². The summed E-state index contributed by atoms with van der Waals surface area (Å²) in [6.45, 7) is -7.49. The first kappa shape index (κ1) is 28.7. The summed E-state index contributed by atoms with van der Waals surface area (Å²) >= 11 is 9.26. The smallest absolute Gasteiger partial charge is 0.369 e. The van der Waals surface area contributed by atoms with Crippen LogP contribution >= 0.6 is 25.8 Å². The largest absolute Gasteiger partial charge is 0.386 e. The third kappa shape index (κ3) is 5.69. The highest BCUT2D eigenvalue weighted by molar-refractivity contribution is 8.44. The lowest BCUT2D eigenvalue weighted by atomic mass is 10.1. The van der Waals surface area contributed by atoms with Gasteiger partial charge in [-0.1, -0.05) is 12.2 Å². The van der Waals surface area contributed by atoms with Gasteiger partial charge in [0, 0.05) is 0 Å². The summed E-state index contributed by atoms with van der Waals surface area (Å²) in [5, 5.41) is 0. The number of aromatic nitrogens is 8. The molecule has 2 aliphatic heterocycles. The fraction of sp³-hybridized carbons (Fsp3) is 0.474. The molecule has 0 amide bonds. The Bertz CT molecular complexity index is 1790. The van der Waals surface area contributed by atoms with Crippen molar-refractivity contribution in [1.82, 2.24) is 39.0 Å². The van der Waals surface area contributed by atoms with Crippen LogP contribution in [0.15, 0.2) is 23.6 Å². The second-order valence-electron chi connectivity index (χ2n) is 9.15. The van der Waals surface area contributed by atoms with Crippen LogP contribution < -0.4 is 11.3 Å². The second-order valence-corrected chi connectivity index (χ2v) is 14.8. The molecule has 22 heteroatoms. The molecule has 7 atom stereocenters. The lowest BCUT2D eigenvalue weighted by Crippen LogP contribution is -2.32. The van der Waals surface area contributed by atoms with Gasteiger partial charge in [0.15, 0.2) is 29.2 Å². The molecular weight excluding hydrogens is 627 g/mol. The number of ether oxygens (including phenoxy) is 1. The van der Waals surface area contributed by atoms with Crippen molar-refractivity contribution in [1.29, 1.82) is 0 Å². The van der Waals surface area contributed by atoms with Crippen molar-refractivity contribution in [3.63, 3.8) is 0 Å². The molecule has 0 saturated carbocycles. The van der Waals surface area contributed by atoms with Gasteiger partial charge in [0.1, 0.15) is 36.5 Å². The summed E-state index contributed by atoms with van der Waals surface area (Å²) in [6, 6.07) is 0. The Balaban J connectivity index is 1.39. The van der Waals surface area contributed by atoms with E-state index in [1.165, 1.54) is 23.4 Å². The van der Waals surface area contributed by atoms with Crippen LogP contribution in [0.2, 0.25) is 0 Å². The molecule has 0 radical (unpaired) electrons. The molecule has 4 aromatic heterocycles. The maximum Gasteiger partial charge on any atom is 0.386 e. The van der Waals surface area contributed by atoms with Crippen LogP contribution in [0.1, 0.15) is 19.0 Å². The number of nitrogens with zero attached hydrogens (tertiary/aromatic N) is 7. The van der Waals surface area contributed by atoms with E-state index >= 15 is 4.39 Å².